The van der Waals surface area contributed by atoms with E-state index in [4.69, 9.17) is 0 Å². The lowest BCUT2D eigenvalue weighted by molar-refractivity contribution is -0.00873. The third-order valence-electron chi connectivity index (χ3n) is 6.55. The normalized spacial score (nSPS) is 31.7. The zero-order valence-corrected chi connectivity index (χ0v) is 16.8. The van der Waals surface area contributed by atoms with Gasteiger partial charge in [0.2, 0.25) is 0 Å². The van der Waals surface area contributed by atoms with Crippen LogP contribution in [-0.4, -0.2) is 16.8 Å². The van der Waals surface area contributed by atoms with Gasteiger partial charge < -0.3 is 10.2 Å². The summed E-state index contributed by atoms with van der Waals surface area (Å²) in [4.78, 5) is 0. The first-order valence-corrected chi connectivity index (χ1v) is 9.68. The van der Waals surface area contributed by atoms with Crippen LogP contribution >= 0.6 is 0 Å². The third kappa shape index (κ3) is 3.13. The van der Waals surface area contributed by atoms with Gasteiger partial charge in [-0.1, -0.05) is 64.0 Å². The van der Waals surface area contributed by atoms with Crippen molar-refractivity contribution in [2.75, 3.05) is 6.61 Å². The first-order chi connectivity index (χ1) is 12.1. The van der Waals surface area contributed by atoms with Gasteiger partial charge in [-0.25, -0.2) is 0 Å². The highest BCUT2D eigenvalue weighted by molar-refractivity contribution is 5.46. The lowest BCUT2D eigenvalue weighted by Gasteiger charge is -2.44. The molecule has 0 amide bonds. The highest BCUT2D eigenvalue weighted by Gasteiger charge is 2.43. The van der Waals surface area contributed by atoms with Gasteiger partial charge in [0.25, 0.3) is 0 Å². The van der Waals surface area contributed by atoms with E-state index in [0.717, 1.165) is 12.0 Å². The highest BCUT2D eigenvalue weighted by atomic mass is 16.3. The summed E-state index contributed by atoms with van der Waals surface area (Å²) in [6.07, 6.45) is 7.25. The summed E-state index contributed by atoms with van der Waals surface area (Å²) in [5.74, 6) is 6.04. The van der Waals surface area contributed by atoms with E-state index in [2.05, 4.69) is 57.7 Å². The van der Waals surface area contributed by atoms with E-state index in [0.29, 0.717) is 12.8 Å². The largest absolute Gasteiger partial charge is 0.394 e. The van der Waals surface area contributed by atoms with Gasteiger partial charge in [0.1, 0.15) is 0 Å². The van der Waals surface area contributed by atoms with Crippen molar-refractivity contribution >= 4 is 0 Å². The molecule has 1 aromatic rings. The van der Waals surface area contributed by atoms with Gasteiger partial charge in [0.15, 0.2) is 0 Å². The van der Waals surface area contributed by atoms with Crippen LogP contribution in [0.5, 0.6) is 0 Å². The Kier molecular flexibility index (Phi) is 4.62. The SMILES string of the molecule is CC#CC1(CO)C=CCC(O)(c2ccc3c(c2)C(C)(C)CCC3(C)C)C1. The topological polar surface area (TPSA) is 40.5 Å². The molecule has 26 heavy (non-hydrogen) atoms. The number of rotatable bonds is 2. The first-order valence-electron chi connectivity index (χ1n) is 9.68. The van der Waals surface area contributed by atoms with Gasteiger partial charge in [-0.2, -0.15) is 0 Å². The second-order valence-corrected chi connectivity index (χ2v) is 9.53. The fourth-order valence-corrected chi connectivity index (χ4v) is 4.71. The van der Waals surface area contributed by atoms with E-state index < -0.39 is 11.0 Å². The van der Waals surface area contributed by atoms with Gasteiger partial charge in [0.05, 0.1) is 17.6 Å². The fourth-order valence-electron chi connectivity index (χ4n) is 4.71. The summed E-state index contributed by atoms with van der Waals surface area (Å²) in [7, 11) is 0. The molecule has 0 bridgehead atoms. The maximum atomic E-state index is 11.5. The Morgan fingerprint density at radius 2 is 1.69 bits per heavy atom. The molecule has 0 aromatic heterocycles. The second-order valence-electron chi connectivity index (χ2n) is 9.53. The van der Waals surface area contributed by atoms with Crippen molar-refractivity contribution in [2.24, 2.45) is 5.41 Å². The molecule has 140 valence electrons. The molecule has 0 saturated heterocycles. The molecule has 0 saturated carbocycles. The predicted molar refractivity (Wildman–Crippen MR) is 107 cm³/mol. The van der Waals surface area contributed by atoms with Gasteiger partial charge >= 0.3 is 0 Å². The van der Waals surface area contributed by atoms with Crippen molar-refractivity contribution in [3.63, 3.8) is 0 Å². The van der Waals surface area contributed by atoms with Crippen LogP contribution in [0, 0.1) is 17.3 Å². The van der Waals surface area contributed by atoms with Gasteiger partial charge in [-0.05, 0) is 53.7 Å². The summed E-state index contributed by atoms with van der Waals surface area (Å²) in [6.45, 7) is 10.9. The smallest absolute Gasteiger partial charge is 0.0949 e. The zero-order valence-electron chi connectivity index (χ0n) is 16.8. The van der Waals surface area contributed by atoms with E-state index in [1.165, 1.54) is 17.5 Å². The van der Waals surface area contributed by atoms with Crippen LogP contribution in [0.4, 0.5) is 0 Å². The van der Waals surface area contributed by atoms with E-state index in [1.807, 2.05) is 12.2 Å². The van der Waals surface area contributed by atoms with Gasteiger partial charge in [-0.15, -0.1) is 5.92 Å². The van der Waals surface area contributed by atoms with Crippen molar-refractivity contribution in [1.29, 1.82) is 0 Å². The number of aliphatic hydroxyl groups excluding tert-OH is 1. The third-order valence-corrected chi connectivity index (χ3v) is 6.55. The molecule has 0 fully saturated rings. The summed E-state index contributed by atoms with van der Waals surface area (Å²) >= 11 is 0. The van der Waals surface area contributed by atoms with E-state index in [1.54, 1.807) is 6.92 Å². The summed E-state index contributed by atoms with van der Waals surface area (Å²) in [5.41, 5.74) is 2.32. The molecule has 2 N–H and O–H groups in total. The molecular formula is C24H32O2. The Morgan fingerprint density at radius 1 is 1.04 bits per heavy atom. The molecule has 2 atom stereocenters. The number of fused-ring (bicyclic) bond motifs is 1. The molecule has 2 nitrogen and oxygen atoms in total. The van der Waals surface area contributed by atoms with Crippen molar-refractivity contribution in [3.05, 3.63) is 47.0 Å². The van der Waals surface area contributed by atoms with Crippen LogP contribution in [0.1, 0.15) is 77.0 Å². The maximum Gasteiger partial charge on any atom is 0.0949 e. The average molecular weight is 353 g/mol. The molecule has 2 aliphatic carbocycles. The minimum Gasteiger partial charge on any atom is -0.394 e. The molecule has 2 unspecified atom stereocenters. The monoisotopic (exact) mass is 352 g/mol. The summed E-state index contributed by atoms with van der Waals surface area (Å²) < 4.78 is 0. The Hall–Kier alpha value is -1.56. The van der Waals surface area contributed by atoms with Gasteiger partial charge in [-0.3, -0.25) is 0 Å². The van der Waals surface area contributed by atoms with E-state index in [9.17, 15) is 10.2 Å². The predicted octanol–water partition coefficient (Wildman–Crippen LogP) is 4.58. The number of aliphatic hydroxyl groups is 2. The van der Waals surface area contributed by atoms with Crippen LogP contribution in [-0.2, 0) is 16.4 Å². The molecule has 3 rings (SSSR count). The van der Waals surface area contributed by atoms with Crippen LogP contribution in [0.25, 0.3) is 0 Å². The second kappa shape index (κ2) is 6.25. The molecule has 0 spiro atoms. The Balaban J connectivity index is 2.08. The Morgan fingerprint density at radius 3 is 2.31 bits per heavy atom. The zero-order chi connectivity index (χ0) is 19.2. The molecule has 0 heterocycles. The number of hydrogen-bond donors (Lipinski definition) is 2. The fraction of sp³-hybridized carbons (Fsp3) is 0.583. The highest BCUT2D eigenvalue weighted by Crippen LogP contribution is 2.49. The van der Waals surface area contributed by atoms with Crippen LogP contribution < -0.4 is 0 Å². The molecule has 2 aliphatic rings. The van der Waals surface area contributed by atoms with E-state index >= 15 is 0 Å². The van der Waals surface area contributed by atoms with Crippen molar-refractivity contribution in [2.45, 2.75) is 76.7 Å². The minimum absolute atomic E-state index is 0.0733. The summed E-state index contributed by atoms with van der Waals surface area (Å²) in [5, 5.41) is 21.4. The van der Waals surface area contributed by atoms with Crippen molar-refractivity contribution < 1.29 is 10.2 Å². The Labute approximate surface area is 158 Å². The molecule has 0 radical (unpaired) electrons. The molecule has 1 aromatic carbocycles. The first kappa shape index (κ1) is 19.2. The van der Waals surface area contributed by atoms with E-state index in [-0.39, 0.29) is 17.4 Å². The number of benzene rings is 1. The van der Waals surface area contributed by atoms with Gasteiger partial charge in [0, 0.05) is 6.42 Å². The van der Waals surface area contributed by atoms with Crippen LogP contribution in [0.3, 0.4) is 0 Å². The molecular weight excluding hydrogens is 320 g/mol. The number of hydrogen-bond acceptors (Lipinski definition) is 2. The summed E-state index contributed by atoms with van der Waals surface area (Å²) in [6, 6.07) is 6.52. The maximum absolute atomic E-state index is 11.5. The average Bonchev–Trinajstić information content (AvgIpc) is 2.59. The Bertz CT molecular complexity index is 790. The quantitative estimate of drug-likeness (QED) is 0.604. The lowest BCUT2D eigenvalue weighted by atomic mass is 9.62. The van der Waals surface area contributed by atoms with Crippen molar-refractivity contribution in [3.8, 4) is 11.8 Å². The van der Waals surface area contributed by atoms with Crippen LogP contribution in [0.2, 0.25) is 0 Å². The standard InChI is InChI=1S/C24H32O2/c1-6-10-23(17-25)11-7-12-24(26,16-23)18-8-9-19-20(15-18)22(4,5)14-13-21(19,2)3/h7-9,11,15,25-26H,12-14,16-17H2,1-5H3. The lowest BCUT2D eigenvalue weighted by Crippen LogP contribution is -2.39. The van der Waals surface area contributed by atoms with Crippen molar-refractivity contribution in [1.82, 2.24) is 0 Å². The van der Waals surface area contributed by atoms with Crippen LogP contribution in [0.15, 0.2) is 30.4 Å². The molecule has 2 heteroatoms. The molecule has 0 aliphatic heterocycles. The minimum atomic E-state index is -0.992.